The average Bonchev–Trinajstić information content (AvgIpc) is 3.32. The second kappa shape index (κ2) is 9.27. The van der Waals surface area contributed by atoms with E-state index in [1.54, 1.807) is 18.2 Å². The summed E-state index contributed by atoms with van der Waals surface area (Å²) in [6, 6.07) is 6.77. The van der Waals surface area contributed by atoms with Gasteiger partial charge in [0.05, 0.1) is 22.7 Å². The first-order valence-corrected chi connectivity index (χ1v) is 11.1. The van der Waals surface area contributed by atoms with Gasteiger partial charge in [0, 0.05) is 19.0 Å². The molecule has 168 valence electrons. The van der Waals surface area contributed by atoms with Crippen molar-refractivity contribution in [3.05, 3.63) is 29.0 Å². The number of hydrogen-bond donors (Lipinski definition) is 4. The fourth-order valence-electron chi connectivity index (χ4n) is 4.16. The Morgan fingerprint density at radius 3 is 2.84 bits per heavy atom. The van der Waals surface area contributed by atoms with Crippen LogP contribution >= 0.6 is 11.6 Å². The predicted octanol–water partition coefficient (Wildman–Crippen LogP) is 1.69. The van der Waals surface area contributed by atoms with Crippen molar-refractivity contribution in [1.29, 1.82) is 5.26 Å². The van der Waals surface area contributed by atoms with Gasteiger partial charge in [-0.05, 0) is 37.3 Å². The molecular weight excluding hydrogens is 432 g/mol. The van der Waals surface area contributed by atoms with Gasteiger partial charge in [-0.15, -0.1) is 0 Å². The summed E-state index contributed by atoms with van der Waals surface area (Å²) in [6.07, 6.45) is 4.24. The number of carbonyl (C=O) groups excluding carboxylic acids is 3. The Hall–Kier alpha value is -2.96. The molecule has 1 aromatic carbocycles. The highest BCUT2D eigenvalue weighted by Crippen LogP contribution is 2.36. The monoisotopic (exact) mass is 456 g/mol. The molecule has 0 unspecified atom stereocenters. The van der Waals surface area contributed by atoms with Crippen molar-refractivity contribution in [1.82, 2.24) is 25.9 Å². The highest BCUT2D eigenvalue weighted by atomic mass is 35.5. The highest BCUT2D eigenvalue weighted by Gasteiger charge is 2.39. The third kappa shape index (κ3) is 4.92. The molecular formula is C22H25ClN6O3. The number of nitriles is 1. The molecule has 1 saturated heterocycles. The normalized spacial score (nSPS) is 20.9. The minimum atomic E-state index is -1.19. The van der Waals surface area contributed by atoms with E-state index in [0.717, 1.165) is 19.1 Å². The number of nitrogens with one attached hydrogen (secondary N) is 4. The van der Waals surface area contributed by atoms with Gasteiger partial charge < -0.3 is 20.4 Å². The molecule has 0 spiro atoms. The summed E-state index contributed by atoms with van der Waals surface area (Å²) in [5.74, 6) is -0.390. The summed E-state index contributed by atoms with van der Waals surface area (Å²) in [4.78, 5) is 44.3. The van der Waals surface area contributed by atoms with Gasteiger partial charge in [-0.1, -0.05) is 30.5 Å². The number of amides is 2. The molecule has 9 nitrogen and oxygen atoms in total. The Kier molecular flexibility index (Phi) is 6.44. The molecule has 1 aliphatic carbocycles. The van der Waals surface area contributed by atoms with E-state index in [0.29, 0.717) is 47.8 Å². The van der Waals surface area contributed by atoms with Crippen LogP contribution in [0.25, 0.3) is 11.0 Å². The zero-order chi connectivity index (χ0) is 22.7. The number of fused-ring (bicyclic) bond motifs is 1. The van der Waals surface area contributed by atoms with Gasteiger partial charge in [-0.2, -0.15) is 5.26 Å². The summed E-state index contributed by atoms with van der Waals surface area (Å²) in [5.41, 5.74) is -0.0802. The molecule has 3 atom stereocenters. The molecule has 4 N–H and O–H groups in total. The first kappa shape index (κ1) is 22.2. The highest BCUT2D eigenvalue weighted by molar-refractivity contribution is 6.35. The summed E-state index contributed by atoms with van der Waals surface area (Å²) in [7, 11) is 0. The van der Waals surface area contributed by atoms with Crippen molar-refractivity contribution in [3.8, 4) is 6.07 Å². The maximum absolute atomic E-state index is 13.0. The molecule has 0 radical (unpaired) electrons. The smallest absolute Gasteiger partial charge is 0.287 e. The lowest BCUT2D eigenvalue weighted by Crippen LogP contribution is -2.58. The number of aromatic amines is 1. The average molecular weight is 457 g/mol. The topological polar surface area (TPSA) is 140 Å². The van der Waals surface area contributed by atoms with Crippen molar-refractivity contribution in [2.75, 3.05) is 13.1 Å². The lowest BCUT2D eigenvalue weighted by molar-refractivity contribution is -0.122. The van der Waals surface area contributed by atoms with Gasteiger partial charge in [-0.25, -0.2) is 4.98 Å². The number of rotatable bonds is 10. The quantitative estimate of drug-likeness (QED) is 0.401. The fourth-order valence-corrected chi connectivity index (χ4v) is 4.37. The van der Waals surface area contributed by atoms with Gasteiger partial charge in [0.25, 0.3) is 5.91 Å². The van der Waals surface area contributed by atoms with Crippen LogP contribution in [0.5, 0.6) is 0 Å². The van der Waals surface area contributed by atoms with Crippen molar-refractivity contribution in [3.63, 3.8) is 0 Å². The van der Waals surface area contributed by atoms with E-state index in [-0.39, 0.29) is 24.2 Å². The van der Waals surface area contributed by atoms with Gasteiger partial charge in [0.2, 0.25) is 5.91 Å². The van der Waals surface area contributed by atoms with Crippen LogP contribution in [0.3, 0.4) is 0 Å². The van der Waals surface area contributed by atoms with Gasteiger partial charge in [0.1, 0.15) is 17.3 Å². The Bertz CT molecular complexity index is 1080. The Labute approximate surface area is 190 Å². The summed E-state index contributed by atoms with van der Waals surface area (Å²) in [6.45, 7) is 0.700. The van der Waals surface area contributed by atoms with E-state index < -0.39 is 17.5 Å². The van der Waals surface area contributed by atoms with E-state index in [2.05, 4.69) is 32.0 Å². The Balaban J connectivity index is 1.48. The molecule has 2 fully saturated rings. The van der Waals surface area contributed by atoms with Crippen LogP contribution in [0.1, 0.15) is 42.7 Å². The van der Waals surface area contributed by atoms with Crippen LogP contribution in [0.15, 0.2) is 18.2 Å². The SMILES string of the molecule is N#C[C@H](C[C@@H]1CCNC1=O)NC[C@@](C=O)(CC1CC1)NC(=O)c1nc2c(Cl)cccc2[nH]1. The van der Waals surface area contributed by atoms with E-state index >= 15 is 0 Å². The minimum Gasteiger partial charge on any atom is -0.356 e. The minimum absolute atomic E-state index is 0.0523. The summed E-state index contributed by atoms with van der Waals surface area (Å²) < 4.78 is 0. The van der Waals surface area contributed by atoms with Crippen molar-refractivity contribution in [2.45, 2.75) is 43.7 Å². The van der Waals surface area contributed by atoms with E-state index in [1.165, 1.54) is 0 Å². The molecule has 2 aliphatic rings. The van der Waals surface area contributed by atoms with Crippen LogP contribution in [0.2, 0.25) is 5.02 Å². The Morgan fingerprint density at radius 2 is 2.22 bits per heavy atom. The lowest BCUT2D eigenvalue weighted by atomic mass is 9.92. The standard InChI is InChI=1S/C22H25ClN6O3/c23-16-2-1-3-17-18(16)28-19(27-17)21(32)29-22(12-30,9-13-4-5-13)11-26-15(10-24)8-14-6-7-25-20(14)31/h1-3,12-15,26H,4-9,11H2,(H,25,31)(H,27,28)(H,29,32)/t14-,15-,22+/m0/s1. The van der Waals surface area contributed by atoms with Crippen molar-refractivity contribution >= 4 is 40.7 Å². The number of carbonyl (C=O) groups is 3. The molecule has 4 rings (SSSR count). The second-order valence-corrected chi connectivity index (χ2v) is 9.08. The number of halogens is 1. The molecule has 2 amide bonds. The predicted molar refractivity (Wildman–Crippen MR) is 118 cm³/mol. The van der Waals surface area contributed by atoms with E-state index in [9.17, 15) is 19.6 Å². The first-order valence-electron chi connectivity index (χ1n) is 10.8. The van der Waals surface area contributed by atoms with Crippen LogP contribution in [0.4, 0.5) is 0 Å². The number of H-pyrrole nitrogens is 1. The maximum atomic E-state index is 13.0. The van der Waals surface area contributed by atoms with Crippen LogP contribution < -0.4 is 16.0 Å². The van der Waals surface area contributed by atoms with E-state index in [1.807, 2.05) is 0 Å². The number of benzene rings is 1. The molecule has 2 aromatic rings. The largest absolute Gasteiger partial charge is 0.356 e. The molecule has 10 heteroatoms. The summed E-state index contributed by atoms with van der Waals surface area (Å²) >= 11 is 6.15. The maximum Gasteiger partial charge on any atom is 0.287 e. The number of imidazole rings is 1. The first-order chi connectivity index (χ1) is 15.4. The second-order valence-electron chi connectivity index (χ2n) is 8.67. The van der Waals surface area contributed by atoms with E-state index in [4.69, 9.17) is 11.6 Å². The van der Waals surface area contributed by atoms with Crippen LogP contribution in [-0.4, -0.2) is 52.7 Å². The molecule has 32 heavy (non-hydrogen) atoms. The molecule has 1 saturated carbocycles. The molecule has 2 heterocycles. The zero-order valence-electron chi connectivity index (χ0n) is 17.5. The number of para-hydroxylation sites is 1. The Morgan fingerprint density at radius 1 is 1.41 bits per heavy atom. The van der Waals surface area contributed by atoms with Crippen LogP contribution in [-0.2, 0) is 9.59 Å². The number of aldehydes is 1. The molecule has 0 bridgehead atoms. The molecule has 1 aromatic heterocycles. The van der Waals surface area contributed by atoms with Gasteiger partial charge in [-0.3, -0.25) is 14.9 Å². The molecule has 1 aliphatic heterocycles. The number of nitrogens with zero attached hydrogens (tertiary/aromatic N) is 2. The third-order valence-electron chi connectivity index (χ3n) is 6.12. The lowest BCUT2D eigenvalue weighted by Gasteiger charge is -2.30. The van der Waals surface area contributed by atoms with Crippen LogP contribution in [0, 0.1) is 23.2 Å². The third-order valence-corrected chi connectivity index (χ3v) is 6.42. The number of hydrogen-bond acceptors (Lipinski definition) is 6. The zero-order valence-corrected chi connectivity index (χ0v) is 18.2. The van der Waals surface area contributed by atoms with Crippen molar-refractivity contribution < 1.29 is 14.4 Å². The fraction of sp³-hybridized carbons (Fsp3) is 0.500. The number of aromatic nitrogens is 2. The van der Waals surface area contributed by atoms with Crippen molar-refractivity contribution in [2.24, 2.45) is 11.8 Å². The summed E-state index contributed by atoms with van der Waals surface area (Å²) in [5, 5.41) is 18.7. The van der Waals surface area contributed by atoms with Gasteiger partial charge >= 0.3 is 0 Å². The van der Waals surface area contributed by atoms with Gasteiger partial charge in [0.15, 0.2) is 5.82 Å².